The molecule has 0 saturated carbocycles. The topological polar surface area (TPSA) is 0 Å². The smallest absolute Gasteiger partial charge is 0.0381 e. The van der Waals surface area contributed by atoms with Crippen molar-refractivity contribution in [1.29, 1.82) is 0 Å². The Morgan fingerprint density at radius 2 is 1.30 bits per heavy atom. The third kappa shape index (κ3) is 1.99. The van der Waals surface area contributed by atoms with E-state index in [9.17, 15) is 0 Å². The lowest BCUT2D eigenvalue weighted by molar-refractivity contribution is 1.27. The molecule has 0 nitrogen and oxygen atoms in total. The first-order valence-electron chi connectivity index (χ1n) is 2.54. The van der Waals surface area contributed by atoms with Gasteiger partial charge in [0.25, 0.3) is 0 Å². The molecule has 0 amide bonds. The molecule has 0 saturated heterocycles. The lowest BCUT2D eigenvalue weighted by atomic mass is 10.4. The van der Waals surface area contributed by atoms with Crippen molar-refractivity contribution in [3.05, 3.63) is 24.3 Å². The van der Waals surface area contributed by atoms with Crippen LogP contribution in [0.25, 0.3) is 0 Å². The third-order valence-electron chi connectivity index (χ3n) is 1.02. The van der Waals surface area contributed by atoms with Gasteiger partial charge in [-0.15, -0.1) is 0 Å². The molecule has 0 bridgehead atoms. The largest absolute Gasteiger partial charge is 0.0610 e. The van der Waals surface area contributed by atoms with E-state index in [1.165, 1.54) is 22.0 Å². The molecule has 4 heteroatoms. The SMILES string of the molecule is ClSc1ccccc1SCl. The normalized spacial score (nSPS) is 9.80. The summed E-state index contributed by atoms with van der Waals surface area (Å²) in [7, 11) is 13.5. The van der Waals surface area contributed by atoms with Gasteiger partial charge in [0.05, 0.1) is 0 Å². The summed E-state index contributed by atoms with van der Waals surface area (Å²) in [6, 6.07) is 7.73. The summed E-state index contributed by atoms with van der Waals surface area (Å²) in [5.74, 6) is 0. The van der Waals surface area contributed by atoms with Crippen molar-refractivity contribution < 1.29 is 0 Å². The van der Waals surface area contributed by atoms with Crippen molar-refractivity contribution >= 4 is 43.3 Å². The monoisotopic (exact) mass is 210 g/mol. The van der Waals surface area contributed by atoms with Crippen LogP contribution >= 0.6 is 43.3 Å². The van der Waals surface area contributed by atoms with Crippen molar-refractivity contribution in [3.63, 3.8) is 0 Å². The molecular formula is C6H4Cl2S2. The molecule has 0 radical (unpaired) electrons. The Bertz CT molecular complexity index is 192. The Labute approximate surface area is 77.3 Å². The van der Waals surface area contributed by atoms with Gasteiger partial charge in [0, 0.05) is 9.79 Å². The summed E-state index contributed by atoms with van der Waals surface area (Å²) < 4.78 is 0. The van der Waals surface area contributed by atoms with Crippen LogP contribution < -0.4 is 0 Å². The minimum absolute atomic E-state index is 1.00. The molecule has 0 unspecified atom stereocenters. The molecule has 0 aromatic heterocycles. The standard InChI is InChI=1S/C6H4Cl2S2/c7-9-5-3-1-2-4-6(5)10-8/h1-4H. The average Bonchev–Trinajstić information content (AvgIpc) is 2.04. The fourth-order valence-corrected chi connectivity index (χ4v) is 2.46. The van der Waals surface area contributed by atoms with Crippen molar-refractivity contribution in [2.24, 2.45) is 0 Å². The van der Waals surface area contributed by atoms with Gasteiger partial charge in [-0.25, -0.2) is 0 Å². The first kappa shape index (κ1) is 8.60. The molecule has 54 valence electrons. The van der Waals surface area contributed by atoms with Crippen LogP contribution in [0.4, 0.5) is 0 Å². The second kappa shape index (κ2) is 4.39. The molecule has 0 heterocycles. The average molecular weight is 211 g/mol. The van der Waals surface area contributed by atoms with Crippen LogP contribution in [0.2, 0.25) is 0 Å². The van der Waals surface area contributed by atoms with E-state index in [0.717, 1.165) is 9.79 Å². The fraction of sp³-hybridized carbons (Fsp3) is 0. The van der Waals surface area contributed by atoms with E-state index in [4.69, 9.17) is 21.4 Å². The van der Waals surface area contributed by atoms with Crippen molar-refractivity contribution in [3.8, 4) is 0 Å². The Balaban J connectivity index is 2.96. The second-order valence-corrected chi connectivity index (χ2v) is 3.72. The number of benzene rings is 1. The summed E-state index contributed by atoms with van der Waals surface area (Å²) in [5, 5.41) is 0. The maximum absolute atomic E-state index is 5.56. The van der Waals surface area contributed by atoms with E-state index in [1.807, 2.05) is 24.3 Å². The van der Waals surface area contributed by atoms with Gasteiger partial charge >= 0.3 is 0 Å². The summed E-state index contributed by atoms with van der Waals surface area (Å²) in [6.07, 6.45) is 0. The highest BCUT2D eigenvalue weighted by Gasteiger charge is 1.98. The second-order valence-electron chi connectivity index (χ2n) is 1.60. The minimum atomic E-state index is 1.00. The fourth-order valence-electron chi connectivity index (χ4n) is 0.578. The number of hydrogen-bond donors (Lipinski definition) is 0. The van der Waals surface area contributed by atoms with Gasteiger partial charge in [-0.1, -0.05) is 12.1 Å². The Hall–Kier alpha value is 0.500. The lowest BCUT2D eigenvalue weighted by Crippen LogP contribution is -1.70. The lowest BCUT2D eigenvalue weighted by Gasteiger charge is -1.97. The molecule has 1 aromatic carbocycles. The summed E-state index contributed by atoms with van der Waals surface area (Å²) in [4.78, 5) is 2.01. The molecule has 0 aliphatic rings. The van der Waals surface area contributed by atoms with E-state index in [1.54, 1.807) is 0 Å². The van der Waals surface area contributed by atoms with Crippen LogP contribution in [0, 0.1) is 0 Å². The first-order valence-corrected chi connectivity index (χ1v) is 5.83. The van der Waals surface area contributed by atoms with Crippen molar-refractivity contribution in [2.45, 2.75) is 9.79 Å². The molecule has 0 spiro atoms. The van der Waals surface area contributed by atoms with E-state index < -0.39 is 0 Å². The maximum Gasteiger partial charge on any atom is 0.0381 e. The summed E-state index contributed by atoms with van der Waals surface area (Å²) in [6.45, 7) is 0. The molecule has 0 aliphatic carbocycles. The zero-order chi connectivity index (χ0) is 7.40. The Kier molecular flexibility index (Phi) is 3.78. The molecule has 10 heavy (non-hydrogen) atoms. The van der Waals surface area contributed by atoms with E-state index in [-0.39, 0.29) is 0 Å². The number of halogens is 2. The predicted octanol–water partition coefficient (Wildman–Crippen LogP) is 4.18. The van der Waals surface area contributed by atoms with Gasteiger partial charge in [-0.05, 0) is 55.4 Å². The summed E-state index contributed by atoms with van der Waals surface area (Å²) >= 11 is 0. The molecule has 0 aliphatic heterocycles. The van der Waals surface area contributed by atoms with Crippen molar-refractivity contribution in [1.82, 2.24) is 0 Å². The quantitative estimate of drug-likeness (QED) is 0.719. The van der Waals surface area contributed by atoms with Crippen molar-refractivity contribution in [2.75, 3.05) is 0 Å². The third-order valence-corrected chi connectivity index (χ3v) is 3.19. The van der Waals surface area contributed by atoms with Gasteiger partial charge in [0.1, 0.15) is 0 Å². The highest BCUT2D eigenvalue weighted by molar-refractivity contribution is 8.23. The van der Waals surface area contributed by atoms with E-state index in [2.05, 4.69) is 0 Å². The zero-order valence-electron chi connectivity index (χ0n) is 4.88. The van der Waals surface area contributed by atoms with Crippen LogP contribution in [0.1, 0.15) is 0 Å². The van der Waals surface area contributed by atoms with Gasteiger partial charge in [0.15, 0.2) is 0 Å². The number of hydrogen-bond acceptors (Lipinski definition) is 2. The molecule has 0 N–H and O–H groups in total. The van der Waals surface area contributed by atoms with Crippen LogP contribution in [-0.4, -0.2) is 0 Å². The zero-order valence-corrected chi connectivity index (χ0v) is 8.03. The van der Waals surface area contributed by atoms with Crippen LogP contribution in [0.5, 0.6) is 0 Å². The highest BCUT2D eigenvalue weighted by atomic mass is 35.7. The predicted molar refractivity (Wildman–Crippen MR) is 49.9 cm³/mol. The number of rotatable bonds is 2. The molecule has 1 rings (SSSR count). The molecular weight excluding hydrogens is 207 g/mol. The van der Waals surface area contributed by atoms with Gasteiger partial charge in [0.2, 0.25) is 0 Å². The maximum atomic E-state index is 5.56. The van der Waals surface area contributed by atoms with Gasteiger partial charge < -0.3 is 0 Å². The molecule has 0 atom stereocenters. The van der Waals surface area contributed by atoms with Crippen LogP contribution in [0.3, 0.4) is 0 Å². The molecule has 0 fully saturated rings. The molecule has 1 aromatic rings. The van der Waals surface area contributed by atoms with E-state index in [0.29, 0.717) is 0 Å². The van der Waals surface area contributed by atoms with Crippen LogP contribution in [-0.2, 0) is 0 Å². The Morgan fingerprint density at radius 3 is 1.60 bits per heavy atom. The van der Waals surface area contributed by atoms with Crippen LogP contribution in [0.15, 0.2) is 34.1 Å². The van der Waals surface area contributed by atoms with Gasteiger partial charge in [-0.3, -0.25) is 0 Å². The van der Waals surface area contributed by atoms with Gasteiger partial charge in [-0.2, -0.15) is 0 Å². The summed E-state index contributed by atoms with van der Waals surface area (Å²) in [5.41, 5.74) is 0. The minimum Gasteiger partial charge on any atom is -0.0610 e. The van der Waals surface area contributed by atoms with E-state index >= 15 is 0 Å². The first-order chi connectivity index (χ1) is 4.88. The highest BCUT2D eigenvalue weighted by Crippen LogP contribution is 2.34. The Morgan fingerprint density at radius 1 is 0.900 bits per heavy atom.